The highest BCUT2D eigenvalue weighted by Crippen LogP contribution is 2.43. The summed E-state index contributed by atoms with van der Waals surface area (Å²) in [7, 11) is 1.46. The van der Waals surface area contributed by atoms with Crippen LogP contribution in [0.15, 0.2) is 66.9 Å². The zero-order valence-corrected chi connectivity index (χ0v) is 26.2. The van der Waals surface area contributed by atoms with Gasteiger partial charge in [0.1, 0.15) is 11.7 Å². The van der Waals surface area contributed by atoms with Crippen LogP contribution in [0.5, 0.6) is 5.88 Å². The fourth-order valence-electron chi connectivity index (χ4n) is 7.36. The van der Waals surface area contributed by atoms with Crippen LogP contribution in [0.1, 0.15) is 83.1 Å². The summed E-state index contributed by atoms with van der Waals surface area (Å²) >= 11 is 0. The first-order valence-electron chi connectivity index (χ1n) is 16.0. The van der Waals surface area contributed by atoms with Gasteiger partial charge in [0.25, 0.3) is 5.91 Å². The smallest absolute Gasteiger partial charge is 0.342 e. The number of fused-ring (bicyclic) bond motifs is 1. The maximum atomic E-state index is 12.3. The van der Waals surface area contributed by atoms with Gasteiger partial charge >= 0.3 is 5.97 Å². The number of rotatable bonds is 9. The van der Waals surface area contributed by atoms with Crippen LogP contribution < -0.4 is 4.74 Å². The van der Waals surface area contributed by atoms with Gasteiger partial charge in [-0.05, 0) is 108 Å². The van der Waals surface area contributed by atoms with E-state index in [1.54, 1.807) is 11.8 Å². The Bertz CT molecular complexity index is 1720. The number of carboxylic acids is 1. The third-order valence-corrected chi connectivity index (χ3v) is 9.59. The molecule has 1 fully saturated rings. The van der Waals surface area contributed by atoms with Crippen molar-refractivity contribution in [1.82, 2.24) is 14.7 Å². The molecule has 3 aromatic carbocycles. The van der Waals surface area contributed by atoms with Gasteiger partial charge in [-0.2, -0.15) is 5.10 Å². The zero-order chi connectivity index (χ0) is 31.7. The third-order valence-electron chi connectivity index (χ3n) is 9.59. The minimum Gasteiger partial charge on any atom is -0.480 e. The van der Waals surface area contributed by atoms with Gasteiger partial charge in [-0.25, -0.2) is 9.48 Å². The van der Waals surface area contributed by atoms with Crippen LogP contribution in [0, 0.1) is 0 Å². The van der Waals surface area contributed by atoms with Crippen molar-refractivity contribution >= 4 is 11.9 Å². The molecule has 1 aromatic heterocycles. The summed E-state index contributed by atoms with van der Waals surface area (Å²) in [6, 6.07) is 21.6. The van der Waals surface area contributed by atoms with Crippen molar-refractivity contribution in [2.24, 2.45) is 0 Å². The van der Waals surface area contributed by atoms with Crippen molar-refractivity contribution in [3.05, 3.63) is 100 Å². The molecule has 6 rings (SSSR count). The lowest BCUT2D eigenvalue weighted by molar-refractivity contribution is -0.140. The Morgan fingerprint density at radius 1 is 1.04 bits per heavy atom. The molecule has 1 amide bonds. The zero-order valence-electron chi connectivity index (χ0n) is 26.2. The Morgan fingerprint density at radius 2 is 1.82 bits per heavy atom. The molecule has 8 nitrogen and oxygen atoms in total. The predicted octanol–water partition coefficient (Wildman–Crippen LogP) is 6.17. The SMILES string of the molecule is CCc1cc(C[C@H]2CCc3cccc(-c4cccc(-n5ncc(C(=O)O)c5OC)c4)c32)ccc1C1CCN(C(=O)[C@H](C)O)CC1. The molecule has 2 atom stereocenters. The Balaban J connectivity index is 1.24. The molecule has 1 aliphatic carbocycles. The number of aliphatic hydroxyl groups excluding tert-OH is 1. The lowest BCUT2D eigenvalue weighted by atomic mass is 9.83. The Morgan fingerprint density at radius 3 is 2.53 bits per heavy atom. The largest absolute Gasteiger partial charge is 0.480 e. The second-order valence-electron chi connectivity index (χ2n) is 12.3. The summed E-state index contributed by atoms with van der Waals surface area (Å²) in [5.41, 5.74) is 9.95. The molecule has 1 saturated heterocycles. The van der Waals surface area contributed by atoms with Gasteiger partial charge in [-0.3, -0.25) is 4.79 Å². The maximum Gasteiger partial charge on any atom is 0.342 e. The van der Waals surface area contributed by atoms with Crippen LogP contribution in [0.25, 0.3) is 16.8 Å². The molecule has 234 valence electrons. The first kappa shape index (κ1) is 30.6. The molecule has 8 heteroatoms. The van der Waals surface area contributed by atoms with Gasteiger partial charge in [0.2, 0.25) is 5.88 Å². The molecule has 0 spiro atoms. The number of aromatic carboxylic acids is 1. The van der Waals surface area contributed by atoms with E-state index in [1.807, 2.05) is 12.1 Å². The van der Waals surface area contributed by atoms with Gasteiger partial charge in [-0.15, -0.1) is 0 Å². The molecular formula is C37H41N3O5. The highest BCUT2D eigenvalue weighted by atomic mass is 16.5. The number of amides is 1. The summed E-state index contributed by atoms with van der Waals surface area (Å²) < 4.78 is 6.96. The number of likely N-dealkylation sites (tertiary alicyclic amines) is 1. The average Bonchev–Trinajstić information content (AvgIpc) is 3.69. The van der Waals surface area contributed by atoms with Gasteiger partial charge in [0, 0.05) is 13.1 Å². The molecule has 2 aliphatic rings. The minimum atomic E-state index is -1.08. The van der Waals surface area contributed by atoms with Gasteiger partial charge < -0.3 is 19.8 Å². The fraction of sp³-hybridized carbons (Fsp3) is 0.378. The number of aromatic nitrogens is 2. The molecule has 0 saturated carbocycles. The number of aliphatic hydroxyl groups is 1. The lowest BCUT2D eigenvalue weighted by Gasteiger charge is -2.34. The molecule has 0 radical (unpaired) electrons. The van der Waals surface area contributed by atoms with Crippen molar-refractivity contribution in [3.8, 4) is 22.7 Å². The highest BCUT2D eigenvalue weighted by molar-refractivity contribution is 5.90. The summed E-state index contributed by atoms with van der Waals surface area (Å²) in [6.07, 6.45) is 6.30. The minimum absolute atomic E-state index is 0.0259. The normalized spacial score (nSPS) is 17.2. The number of ether oxygens (including phenoxy) is 1. The van der Waals surface area contributed by atoms with E-state index in [2.05, 4.69) is 60.6 Å². The highest BCUT2D eigenvalue weighted by Gasteiger charge is 2.29. The quantitative estimate of drug-likeness (QED) is 0.236. The molecule has 1 aliphatic heterocycles. The van der Waals surface area contributed by atoms with Crippen LogP contribution >= 0.6 is 0 Å². The second kappa shape index (κ2) is 12.9. The number of piperidine rings is 1. The number of carbonyl (C=O) groups excluding carboxylic acids is 1. The first-order valence-corrected chi connectivity index (χ1v) is 16.0. The van der Waals surface area contributed by atoms with E-state index in [1.165, 1.54) is 51.4 Å². The molecule has 0 bridgehead atoms. The third kappa shape index (κ3) is 5.99. The van der Waals surface area contributed by atoms with Crippen molar-refractivity contribution in [2.75, 3.05) is 20.2 Å². The van der Waals surface area contributed by atoms with Crippen molar-refractivity contribution < 1.29 is 24.5 Å². The molecule has 4 aromatic rings. The molecule has 45 heavy (non-hydrogen) atoms. The molecule has 2 N–H and O–H groups in total. The van der Waals surface area contributed by atoms with Gasteiger partial charge in [0.15, 0.2) is 0 Å². The summed E-state index contributed by atoms with van der Waals surface area (Å²) in [5, 5.41) is 23.6. The van der Waals surface area contributed by atoms with E-state index in [-0.39, 0.29) is 17.4 Å². The van der Waals surface area contributed by atoms with Crippen LogP contribution in [0.3, 0.4) is 0 Å². The Hall–Kier alpha value is -4.43. The first-order chi connectivity index (χ1) is 21.8. The van der Waals surface area contributed by atoms with Gasteiger partial charge in [-0.1, -0.05) is 55.5 Å². The molecule has 2 heterocycles. The molecular weight excluding hydrogens is 566 g/mol. The maximum absolute atomic E-state index is 12.3. The van der Waals surface area contributed by atoms with E-state index >= 15 is 0 Å². The van der Waals surface area contributed by atoms with Crippen LogP contribution in [0.4, 0.5) is 0 Å². The summed E-state index contributed by atoms with van der Waals surface area (Å²) in [5.74, 6) is -0.228. The monoisotopic (exact) mass is 607 g/mol. The lowest BCUT2D eigenvalue weighted by Crippen LogP contribution is -2.42. The standard InChI is InChI=1S/C37H41N3O5/c1-4-25-19-24(11-14-31(25)26-15-17-39(18-16-26)35(42)23(2)41)20-29-13-12-27-7-6-10-32(34(27)29)28-8-5-9-30(21-28)40-36(45-3)33(22-38-40)37(43)44/h5-11,14,19,21-23,26,29,41H,4,12-13,15-18,20H2,1-3H3,(H,43,44)/t23-,29+/m0/s1. The number of aryl methyl sites for hydroxylation is 2. The van der Waals surface area contributed by atoms with Crippen molar-refractivity contribution in [1.29, 1.82) is 0 Å². The summed E-state index contributed by atoms with van der Waals surface area (Å²) in [6.45, 7) is 5.15. The number of hydrogen-bond acceptors (Lipinski definition) is 5. The van der Waals surface area contributed by atoms with Gasteiger partial charge in [0.05, 0.1) is 19.0 Å². The van der Waals surface area contributed by atoms with Crippen molar-refractivity contribution in [3.63, 3.8) is 0 Å². The van der Waals surface area contributed by atoms with E-state index in [0.29, 0.717) is 24.9 Å². The number of carboxylic acid groups (broad SMARTS) is 1. The van der Waals surface area contributed by atoms with Crippen LogP contribution in [-0.2, 0) is 24.1 Å². The Kier molecular flexibility index (Phi) is 8.76. The van der Waals surface area contributed by atoms with E-state index < -0.39 is 12.1 Å². The van der Waals surface area contributed by atoms with Crippen LogP contribution in [0.2, 0.25) is 0 Å². The number of carbonyl (C=O) groups is 2. The summed E-state index contributed by atoms with van der Waals surface area (Å²) in [4.78, 5) is 25.7. The predicted molar refractivity (Wildman–Crippen MR) is 173 cm³/mol. The van der Waals surface area contributed by atoms with E-state index in [4.69, 9.17) is 4.74 Å². The van der Waals surface area contributed by atoms with Crippen LogP contribution in [-0.4, -0.2) is 63.1 Å². The van der Waals surface area contributed by atoms with Crippen molar-refractivity contribution in [2.45, 2.75) is 70.3 Å². The van der Waals surface area contributed by atoms with E-state index in [9.17, 15) is 19.8 Å². The number of nitrogens with zero attached hydrogens (tertiary/aromatic N) is 3. The number of methoxy groups -OCH3 is 1. The topological polar surface area (TPSA) is 105 Å². The fourth-order valence-corrected chi connectivity index (χ4v) is 7.36. The Labute approximate surface area is 264 Å². The van der Waals surface area contributed by atoms with E-state index in [0.717, 1.165) is 49.8 Å². The average molecular weight is 608 g/mol. The number of hydrogen-bond donors (Lipinski definition) is 2. The molecule has 0 unspecified atom stereocenters. The second-order valence-corrected chi connectivity index (χ2v) is 12.3. The number of benzene rings is 3.